The van der Waals surface area contributed by atoms with Gasteiger partial charge in [0.05, 0.1) is 0 Å². The molecular formula is C19H19N2+. The summed E-state index contributed by atoms with van der Waals surface area (Å²) in [5.74, 6) is 1.13. The van der Waals surface area contributed by atoms with Crippen LogP contribution in [0.15, 0.2) is 79.6 Å². The highest BCUT2D eigenvalue weighted by molar-refractivity contribution is 5.34. The van der Waals surface area contributed by atoms with Crippen molar-refractivity contribution in [2.24, 2.45) is 0 Å². The molecule has 0 aliphatic carbocycles. The molecule has 0 unspecified atom stereocenters. The molecule has 104 valence electrons. The van der Waals surface area contributed by atoms with Crippen LogP contribution in [-0.2, 0) is 13.1 Å². The molecule has 1 aromatic heterocycles. The van der Waals surface area contributed by atoms with Crippen molar-refractivity contribution in [3.05, 3.63) is 96.6 Å². The SMILES string of the molecule is C=Cc1n(Cc2ccccc2)cc[n+]1Cc1ccccc1. The molecule has 2 heteroatoms. The van der Waals surface area contributed by atoms with Gasteiger partial charge >= 0.3 is 0 Å². The summed E-state index contributed by atoms with van der Waals surface area (Å²) in [6.45, 7) is 5.70. The van der Waals surface area contributed by atoms with E-state index in [-0.39, 0.29) is 0 Å². The zero-order valence-corrected chi connectivity index (χ0v) is 12.0. The fourth-order valence-corrected chi connectivity index (χ4v) is 2.54. The minimum atomic E-state index is 0.865. The van der Waals surface area contributed by atoms with Crippen LogP contribution in [0.1, 0.15) is 17.0 Å². The van der Waals surface area contributed by atoms with E-state index in [4.69, 9.17) is 0 Å². The molecule has 0 spiro atoms. The topological polar surface area (TPSA) is 8.81 Å². The quantitative estimate of drug-likeness (QED) is 0.630. The number of hydrogen-bond donors (Lipinski definition) is 0. The van der Waals surface area contributed by atoms with Crippen molar-refractivity contribution in [2.45, 2.75) is 13.1 Å². The van der Waals surface area contributed by atoms with Gasteiger partial charge in [-0.25, -0.2) is 9.13 Å². The van der Waals surface area contributed by atoms with Crippen LogP contribution in [0, 0.1) is 0 Å². The first-order chi connectivity index (χ1) is 10.4. The van der Waals surface area contributed by atoms with Gasteiger partial charge in [-0.3, -0.25) is 0 Å². The first kappa shape index (κ1) is 13.4. The summed E-state index contributed by atoms with van der Waals surface area (Å²) in [5, 5.41) is 0. The predicted molar refractivity (Wildman–Crippen MR) is 85.8 cm³/mol. The monoisotopic (exact) mass is 275 g/mol. The van der Waals surface area contributed by atoms with Gasteiger partial charge in [-0.15, -0.1) is 0 Å². The van der Waals surface area contributed by atoms with Gasteiger partial charge in [0.15, 0.2) is 0 Å². The first-order valence-corrected chi connectivity index (χ1v) is 7.15. The lowest BCUT2D eigenvalue weighted by molar-refractivity contribution is -0.689. The van der Waals surface area contributed by atoms with Crippen molar-refractivity contribution in [3.8, 4) is 0 Å². The van der Waals surface area contributed by atoms with Crippen LogP contribution in [-0.4, -0.2) is 4.57 Å². The van der Waals surface area contributed by atoms with Crippen LogP contribution in [0.25, 0.3) is 6.08 Å². The van der Waals surface area contributed by atoms with Gasteiger partial charge in [0, 0.05) is 6.08 Å². The standard InChI is InChI=1S/C19H19N2/c1-2-19-20(15-17-9-5-3-6-10-17)13-14-21(19)16-18-11-7-4-8-12-18/h2-14H,1,15-16H2/q+1. The summed E-state index contributed by atoms with van der Waals surface area (Å²) in [5.41, 5.74) is 2.59. The molecule has 1 heterocycles. The number of aromatic nitrogens is 2. The largest absolute Gasteiger partial charge is 0.281 e. The molecule has 0 fully saturated rings. The first-order valence-electron chi connectivity index (χ1n) is 7.15. The van der Waals surface area contributed by atoms with Gasteiger partial charge in [0.2, 0.25) is 0 Å². The van der Waals surface area contributed by atoms with Crippen LogP contribution >= 0.6 is 0 Å². The van der Waals surface area contributed by atoms with Gasteiger partial charge in [0.25, 0.3) is 5.82 Å². The average molecular weight is 275 g/mol. The van der Waals surface area contributed by atoms with Crippen molar-refractivity contribution in [2.75, 3.05) is 0 Å². The maximum Gasteiger partial charge on any atom is 0.281 e. The zero-order valence-electron chi connectivity index (χ0n) is 12.0. The summed E-state index contributed by atoms with van der Waals surface area (Å²) >= 11 is 0. The number of hydrogen-bond acceptors (Lipinski definition) is 0. The van der Waals surface area contributed by atoms with Gasteiger partial charge in [-0.1, -0.05) is 67.2 Å². The molecule has 3 aromatic rings. The average Bonchev–Trinajstić information content (AvgIpc) is 2.91. The van der Waals surface area contributed by atoms with Gasteiger partial charge in [-0.2, -0.15) is 0 Å². The van der Waals surface area contributed by atoms with E-state index in [9.17, 15) is 0 Å². The van der Waals surface area contributed by atoms with Crippen LogP contribution in [0.2, 0.25) is 0 Å². The predicted octanol–water partition coefficient (Wildman–Crippen LogP) is 3.52. The van der Waals surface area contributed by atoms with Gasteiger partial charge < -0.3 is 0 Å². The number of benzene rings is 2. The van der Waals surface area contributed by atoms with Crippen molar-refractivity contribution in [1.29, 1.82) is 0 Å². The van der Waals surface area contributed by atoms with Gasteiger partial charge in [-0.05, 0) is 11.1 Å². The molecule has 0 amide bonds. The molecule has 0 N–H and O–H groups in total. The second-order valence-electron chi connectivity index (χ2n) is 5.09. The molecule has 21 heavy (non-hydrogen) atoms. The maximum atomic E-state index is 3.97. The van der Waals surface area contributed by atoms with E-state index in [0.717, 1.165) is 18.9 Å². The van der Waals surface area contributed by atoms with Crippen molar-refractivity contribution in [3.63, 3.8) is 0 Å². The normalized spacial score (nSPS) is 10.5. The van der Waals surface area contributed by atoms with Crippen molar-refractivity contribution >= 4 is 6.08 Å². The fraction of sp³-hybridized carbons (Fsp3) is 0.105. The molecule has 0 aliphatic heterocycles. The Labute approximate surface area is 125 Å². The second kappa shape index (κ2) is 6.23. The number of nitrogens with zero attached hydrogens (tertiary/aromatic N) is 2. The fourth-order valence-electron chi connectivity index (χ4n) is 2.54. The van der Waals surface area contributed by atoms with Crippen molar-refractivity contribution < 1.29 is 4.57 Å². The van der Waals surface area contributed by atoms with Crippen LogP contribution in [0.4, 0.5) is 0 Å². The molecular weight excluding hydrogens is 256 g/mol. The molecule has 0 bridgehead atoms. The minimum Gasteiger partial charge on any atom is -0.226 e. The Morgan fingerprint density at radius 3 is 2.14 bits per heavy atom. The molecule has 0 saturated heterocycles. The van der Waals surface area contributed by atoms with Gasteiger partial charge in [0.1, 0.15) is 25.5 Å². The zero-order chi connectivity index (χ0) is 14.5. The number of imidazole rings is 1. The Morgan fingerprint density at radius 1 is 0.905 bits per heavy atom. The smallest absolute Gasteiger partial charge is 0.226 e. The van der Waals surface area contributed by atoms with E-state index < -0.39 is 0 Å². The highest BCUT2D eigenvalue weighted by Crippen LogP contribution is 2.07. The molecule has 2 nitrogen and oxygen atoms in total. The highest BCUT2D eigenvalue weighted by Gasteiger charge is 2.14. The molecule has 3 rings (SSSR count). The summed E-state index contributed by atoms with van der Waals surface area (Å²) < 4.78 is 4.45. The molecule has 2 aromatic carbocycles. The second-order valence-corrected chi connectivity index (χ2v) is 5.09. The lowest BCUT2D eigenvalue weighted by atomic mass is 10.2. The van der Waals surface area contributed by atoms with E-state index in [2.05, 4.69) is 76.6 Å². The maximum absolute atomic E-state index is 3.97. The third-order valence-corrected chi connectivity index (χ3v) is 3.59. The summed E-state index contributed by atoms with van der Waals surface area (Å²) in [7, 11) is 0. The highest BCUT2D eigenvalue weighted by atomic mass is 15.1. The lowest BCUT2D eigenvalue weighted by Gasteiger charge is -2.02. The third-order valence-electron chi connectivity index (χ3n) is 3.59. The Bertz CT molecular complexity index is 653. The minimum absolute atomic E-state index is 0.865. The van der Waals surface area contributed by atoms with E-state index in [1.165, 1.54) is 11.1 Å². The Morgan fingerprint density at radius 2 is 1.52 bits per heavy atom. The lowest BCUT2D eigenvalue weighted by Crippen LogP contribution is -2.36. The van der Waals surface area contributed by atoms with Crippen LogP contribution in [0.5, 0.6) is 0 Å². The Hall–Kier alpha value is -2.61. The molecule has 0 saturated carbocycles. The van der Waals surface area contributed by atoms with E-state index in [1.54, 1.807) is 0 Å². The molecule has 0 atom stereocenters. The van der Waals surface area contributed by atoms with Crippen LogP contribution < -0.4 is 4.57 Å². The molecule has 0 aliphatic rings. The van der Waals surface area contributed by atoms with E-state index >= 15 is 0 Å². The van der Waals surface area contributed by atoms with E-state index in [0.29, 0.717) is 0 Å². The Balaban J connectivity index is 1.85. The Kier molecular flexibility index (Phi) is 3.97. The number of rotatable bonds is 5. The summed E-state index contributed by atoms with van der Waals surface area (Å²) in [6.07, 6.45) is 6.16. The van der Waals surface area contributed by atoms with Crippen molar-refractivity contribution in [1.82, 2.24) is 4.57 Å². The van der Waals surface area contributed by atoms with Crippen LogP contribution in [0.3, 0.4) is 0 Å². The molecule has 0 radical (unpaired) electrons. The van der Waals surface area contributed by atoms with E-state index in [1.807, 2.05) is 18.2 Å². The summed E-state index contributed by atoms with van der Waals surface area (Å²) in [4.78, 5) is 0. The third kappa shape index (κ3) is 3.11. The summed E-state index contributed by atoms with van der Waals surface area (Å²) in [6, 6.07) is 21.0.